The average Bonchev–Trinajstić information content (AvgIpc) is 2.59. The number of benzene rings is 2. The van der Waals surface area contributed by atoms with Crippen molar-refractivity contribution in [3.8, 4) is 0 Å². The molecule has 0 saturated carbocycles. The van der Waals surface area contributed by atoms with Crippen LogP contribution in [-0.4, -0.2) is 18.4 Å². The Hall–Kier alpha value is -2.62. The first-order chi connectivity index (χ1) is 11.6. The molecule has 1 N–H and O–H groups in total. The van der Waals surface area contributed by atoms with Gasteiger partial charge in [0.1, 0.15) is 6.42 Å². The lowest BCUT2D eigenvalue weighted by Gasteiger charge is -2.29. The van der Waals surface area contributed by atoms with Gasteiger partial charge in [0.15, 0.2) is 0 Å². The highest BCUT2D eigenvalue weighted by atomic mass is 16.2. The molecule has 0 unspecified atom stereocenters. The Kier molecular flexibility index (Phi) is 4.94. The molecule has 124 valence electrons. The molecule has 0 bridgehead atoms. The molecule has 1 aliphatic heterocycles. The fourth-order valence-corrected chi connectivity index (χ4v) is 3.11. The molecule has 0 radical (unpaired) electrons. The lowest BCUT2D eigenvalue weighted by Crippen LogP contribution is -2.38. The molecule has 0 aliphatic carbocycles. The second-order valence-electron chi connectivity index (χ2n) is 6.22. The van der Waals surface area contributed by atoms with Crippen molar-refractivity contribution in [2.75, 3.05) is 11.4 Å². The van der Waals surface area contributed by atoms with Crippen LogP contribution in [0.2, 0.25) is 0 Å². The maximum absolute atomic E-state index is 12.5. The fourth-order valence-electron chi connectivity index (χ4n) is 3.11. The molecule has 0 spiro atoms. The lowest BCUT2D eigenvalue weighted by atomic mass is 10.0. The summed E-state index contributed by atoms with van der Waals surface area (Å²) in [5.74, 6) is -0.367. The van der Waals surface area contributed by atoms with E-state index < -0.39 is 0 Å². The predicted octanol–water partition coefficient (Wildman–Crippen LogP) is 2.98. The van der Waals surface area contributed by atoms with E-state index in [1.54, 1.807) is 4.90 Å². The number of amides is 2. The molecule has 2 amide bonds. The van der Waals surface area contributed by atoms with Crippen molar-refractivity contribution < 1.29 is 9.59 Å². The summed E-state index contributed by atoms with van der Waals surface area (Å²) in [4.78, 5) is 26.4. The SMILES string of the molecule is Cc1cccc(CNC(=O)CC(=O)N2CCCc3ccccc32)c1. The number of para-hydroxylation sites is 1. The molecule has 4 nitrogen and oxygen atoms in total. The summed E-state index contributed by atoms with van der Waals surface area (Å²) in [6.45, 7) is 3.15. The highest BCUT2D eigenvalue weighted by molar-refractivity contribution is 6.05. The summed E-state index contributed by atoms with van der Waals surface area (Å²) in [7, 11) is 0. The molecular weight excluding hydrogens is 300 g/mol. The van der Waals surface area contributed by atoms with Gasteiger partial charge in [-0.05, 0) is 37.0 Å². The number of carbonyl (C=O) groups excluding carboxylic acids is 2. The van der Waals surface area contributed by atoms with E-state index in [0.717, 1.165) is 29.7 Å². The standard InChI is InChI=1S/C20H22N2O2/c1-15-6-4-7-16(12-15)14-21-19(23)13-20(24)22-11-5-9-17-8-2-3-10-18(17)22/h2-4,6-8,10,12H,5,9,11,13-14H2,1H3,(H,21,23). The molecule has 3 rings (SSSR count). The monoisotopic (exact) mass is 322 g/mol. The Bertz CT molecular complexity index is 755. The van der Waals surface area contributed by atoms with Gasteiger partial charge in [0, 0.05) is 18.8 Å². The van der Waals surface area contributed by atoms with E-state index in [-0.39, 0.29) is 18.2 Å². The number of hydrogen-bond acceptors (Lipinski definition) is 2. The van der Waals surface area contributed by atoms with Crippen molar-refractivity contribution in [2.45, 2.75) is 32.7 Å². The van der Waals surface area contributed by atoms with Crippen molar-refractivity contribution >= 4 is 17.5 Å². The van der Waals surface area contributed by atoms with Crippen molar-refractivity contribution in [3.63, 3.8) is 0 Å². The van der Waals surface area contributed by atoms with E-state index in [1.807, 2.05) is 55.5 Å². The number of rotatable bonds is 4. The Morgan fingerprint density at radius 1 is 1.12 bits per heavy atom. The quantitative estimate of drug-likeness (QED) is 0.880. The van der Waals surface area contributed by atoms with Crippen LogP contribution in [0.4, 0.5) is 5.69 Å². The van der Waals surface area contributed by atoms with Crippen LogP contribution in [0.1, 0.15) is 29.5 Å². The number of fused-ring (bicyclic) bond motifs is 1. The second kappa shape index (κ2) is 7.30. The number of nitrogens with zero attached hydrogens (tertiary/aromatic N) is 1. The van der Waals surface area contributed by atoms with Gasteiger partial charge in [-0.1, -0.05) is 48.0 Å². The van der Waals surface area contributed by atoms with Gasteiger partial charge in [0.05, 0.1) is 0 Å². The first-order valence-electron chi connectivity index (χ1n) is 8.34. The zero-order valence-electron chi connectivity index (χ0n) is 13.9. The first kappa shape index (κ1) is 16.2. The molecule has 24 heavy (non-hydrogen) atoms. The second-order valence-corrected chi connectivity index (χ2v) is 6.22. The molecule has 1 aliphatic rings. The van der Waals surface area contributed by atoms with E-state index in [9.17, 15) is 9.59 Å². The van der Waals surface area contributed by atoms with E-state index in [1.165, 1.54) is 5.56 Å². The predicted molar refractivity (Wildman–Crippen MR) is 94.8 cm³/mol. The van der Waals surface area contributed by atoms with Gasteiger partial charge < -0.3 is 10.2 Å². The van der Waals surface area contributed by atoms with E-state index >= 15 is 0 Å². The summed E-state index contributed by atoms with van der Waals surface area (Å²) < 4.78 is 0. The van der Waals surface area contributed by atoms with Gasteiger partial charge in [-0.15, -0.1) is 0 Å². The molecule has 2 aromatic rings. The summed E-state index contributed by atoms with van der Waals surface area (Å²) in [5.41, 5.74) is 4.32. The Morgan fingerprint density at radius 3 is 2.79 bits per heavy atom. The Labute approximate surface area is 142 Å². The van der Waals surface area contributed by atoms with Gasteiger partial charge in [-0.25, -0.2) is 0 Å². The van der Waals surface area contributed by atoms with Gasteiger partial charge in [-0.2, -0.15) is 0 Å². The molecule has 1 heterocycles. The molecule has 0 fully saturated rings. The van der Waals surface area contributed by atoms with Crippen molar-refractivity contribution in [2.24, 2.45) is 0 Å². The minimum Gasteiger partial charge on any atom is -0.352 e. The number of hydrogen-bond donors (Lipinski definition) is 1. The molecular formula is C20H22N2O2. The minimum absolute atomic E-state index is 0.111. The highest BCUT2D eigenvalue weighted by Crippen LogP contribution is 2.27. The molecule has 4 heteroatoms. The summed E-state index contributed by atoms with van der Waals surface area (Å²) >= 11 is 0. The van der Waals surface area contributed by atoms with Crippen LogP contribution < -0.4 is 10.2 Å². The number of aryl methyl sites for hydroxylation is 2. The molecule has 0 aromatic heterocycles. The average molecular weight is 322 g/mol. The van der Waals surface area contributed by atoms with E-state index in [2.05, 4.69) is 5.32 Å². The largest absolute Gasteiger partial charge is 0.352 e. The Morgan fingerprint density at radius 2 is 1.96 bits per heavy atom. The van der Waals surface area contributed by atoms with E-state index in [0.29, 0.717) is 13.1 Å². The summed E-state index contributed by atoms with van der Waals surface area (Å²) in [6, 6.07) is 15.9. The zero-order valence-corrected chi connectivity index (χ0v) is 13.9. The zero-order chi connectivity index (χ0) is 16.9. The van der Waals surface area contributed by atoms with Crippen molar-refractivity contribution in [3.05, 3.63) is 65.2 Å². The van der Waals surface area contributed by atoms with Crippen LogP contribution in [0.3, 0.4) is 0 Å². The maximum atomic E-state index is 12.5. The summed E-state index contributed by atoms with van der Waals surface area (Å²) in [5, 5.41) is 2.83. The number of carbonyl (C=O) groups is 2. The van der Waals surface area contributed by atoms with Crippen LogP contribution in [0.25, 0.3) is 0 Å². The van der Waals surface area contributed by atoms with Gasteiger partial charge in [0.25, 0.3) is 0 Å². The van der Waals surface area contributed by atoms with Gasteiger partial charge in [0.2, 0.25) is 11.8 Å². The molecule has 2 aromatic carbocycles. The molecule has 0 atom stereocenters. The topological polar surface area (TPSA) is 49.4 Å². The first-order valence-corrected chi connectivity index (χ1v) is 8.34. The smallest absolute Gasteiger partial charge is 0.236 e. The number of nitrogens with one attached hydrogen (secondary N) is 1. The minimum atomic E-state index is -0.232. The normalized spacial score (nSPS) is 13.3. The Balaban J connectivity index is 1.58. The van der Waals surface area contributed by atoms with Crippen LogP contribution in [0.15, 0.2) is 48.5 Å². The van der Waals surface area contributed by atoms with Crippen molar-refractivity contribution in [1.82, 2.24) is 5.32 Å². The highest BCUT2D eigenvalue weighted by Gasteiger charge is 2.23. The maximum Gasteiger partial charge on any atom is 0.236 e. The van der Waals surface area contributed by atoms with E-state index in [4.69, 9.17) is 0 Å². The van der Waals surface area contributed by atoms with Crippen LogP contribution in [0.5, 0.6) is 0 Å². The third-order valence-corrected chi connectivity index (χ3v) is 4.30. The fraction of sp³-hybridized carbons (Fsp3) is 0.300. The third kappa shape index (κ3) is 3.82. The van der Waals surface area contributed by atoms with Crippen LogP contribution >= 0.6 is 0 Å². The van der Waals surface area contributed by atoms with Crippen molar-refractivity contribution in [1.29, 1.82) is 0 Å². The van der Waals surface area contributed by atoms with Gasteiger partial charge in [-0.3, -0.25) is 9.59 Å². The number of anilines is 1. The van der Waals surface area contributed by atoms with Crippen LogP contribution in [0, 0.1) is 6.92 Å². The summed E-state index contributed by atoms with van der Waals surface area (Å²) in [6.07, 6.45) is 1.81. The lowest BCUT2D eigenvalue weighted by molar-refractivity contribution is -0.128. The van der Waals surface area contributed by atoms with Gasteiger partial charge >= 0.3 is 0 Å². The van der Waals surface area contributed by atoms with Crippen LogP contribution in [-0.2, 0) is 22.6 Å². The molecule has 0 saturated heterocycles. The third-order valence-electron chi connectivity index (χ3n) is 4.30.